The Labute approximate surface area is 178 Å². The molecule has 3 rings (SSSR count). The Morgan fingerprint density at radius 3 is 2.07 bits per heavy atom. The lowest BCUT2D eigenvalue weighted by Crippen LogP contribution is -2.13. The standard InChI is InChI=1S/C27H40N2/c1-3-5-7-9-11-23-20-28-27(29-21-23)26-18-16-25(17-19-26)24-14-12-22(13-15-24)10-8-6-4-2/h16-22,24H,3-15H2,1-2H3/t22-,24-. The predicted molar refractivity (Wildman–Crippen MR) is 124 cm³/mol. The molecule has 0 saturated heterocycles. The molecule has 2 aromatic rings. The van der Waals surface area contributed by atoms with E-state index in [0.717, 1.165) is 29.6 Å². The zero-order chi connectivity index (χ0) is 20.3. The second-order valence-electron chi connectivity index (χ2n) is 9.06. The quantitative estimate of drug-likeness (QED) is 0.361. The van der Waals surface area contributed by atoms with Crippen molar-refractivity contribution in [2.24, 2.45) is 5.92 Å². The Balaban J connectivity index is 1.49. The van der Waals surface area contributed by atoms with Crippen LogP contribution < -0.4 is 0 Å². The summed E-state index contributed by atoms with van der Waals surface area (Å²) in [5.41, 5.74) is 3.91. The van der Waals surface area contributed by atoms with Gasteiger partial charge in [0.25, 0.3) is 0 Å². The minimum atomic E-state index is 0.748. The summed E-state index contributed by atoms with van der Waals surface area (Å²) in [4.78, 5) is 9.25. The summed E-state index contributed by atoms with van der Waals surface area (Å²) in [5, 5.41) is 0. The van der Waals surface area contributed by atoms with Crippen LogP contribution in [0.25, 0.3) is 11.4 Å². The van der Waals surface area contributed by atoms with Crippen LogP contribution >= 0.6 is 0 Å². The fourth-order valence-corrected chi connectivity index (χ4v) is 4.76. The summed E-state index contributed by atoms with van der Waals surface area (Å²) >= 11 is 0. The van der Waals surface area contributed by atoms with Crippen molar-refractivity contribution in [1.29, 1.82) is 0 Å². The van der Waals surface area contributed by atoms with Crippen molar-refractivity contribution in [2.75, 3.05) is 0 Å². The van der Waals surface area contributed by atoms with Gasteiger partial charge in [-0.3, -0.25) is 0 Å². The molecule has 1 aromatic heterocycles. The number of hydrogen-bond donors (Lipinski definition) is 0. The molecule has 158 valence electrons. The van der Waals surface area contributed by atoms with Gasteiger partial charge in [0.15, 0.2) is 5.82 Å². The lowest BCUT2D eigenvalue weighted by Gasteiger charge is -2.29. The van der Waals surface area contributed by atoms with Crippen LogP contribution in [-0.4, -0.2) is 9.97 Å². The number of rotatable bonds is 11. The summed E-state index contributed by atoms with van der Waals surface area (Å²) < 4.78 is 0. The molecule has 1 heterocycles. The molecule has 0 radical (unpaired) electrons. The van der Waals surface area contributed by atoms with E-state index in [4.69, 9.17) is 0 Å². The molecule has 1 aromatic carbocycles. The van der Waals surface area contributed by atoms with Gasteiger partial charge in [-0.05, 0) is 61.5 Å². The number of aromatic nitrogens is 2. The van der Waals surface area contributed by atoms with Crippen LogP contribution in [0.3, 0.4) is 0 Å². The van der Waals surface area contributed by atoms with E-state index in [2.05, 4.69) is 48.1 Å². The summed E-state index contributed by atoms with van der Waals surface area (Å²) in [5.74, 6) is 2.58. The van der Waals surface area contributed by atoms with Crippen molar-refractivity contribution >= 4 is 0 Å². The average molecular weight is 393 g/mol. The molecule has 1 aliphatic carbocycles. The molecule has 2 heteroatoms. The third kappa shape index (κ3) is 6.94. The van der Waals surface area contributed by atoms with E-state index in [1.165, 1.54) is 88.2 Å². The first-order valence-electron chi connectivity index (χ1n) is 12.2. The smallest absolute Gasteiger partial charge is 0.159 e. The van der Waals surface area contributed by atoms with E-state index in [1.54, 1.807) is 0 Å². The fraction of sp³-hybridized carbons (Fsp3) is 0.630. The third-order valence-corrected chi connectivity index (χ3v) is 6.73. The van der Waals surface area contributed by atoms with E-state index in [0.29, 0.717) is 0 Å². The highest BCUT2D eigenvalue weighted by Crippen LogP contribution is 2.38. The summed E-state index contributed by atoms with van der Waals surface area (Å²) in [7, 11) is 0. The maximum absolute atomic E-state index is 4.62. The van der Waals surface area contributed by atoms with Crippen LogP contribution in [0.1, 0.15) is 108 Å². The fourth-order valence-electron chi connectivity index (χ4n) is 4.76. The minimum absolute atomic E-state index is 0.748. The Morgan fingerprint density at radius 1 is 0.759 bits per heavy atom. The molecule has 1 aliphatic rings. The van der Waals surface area contributed by atoms with Gasteiger partial charge in [0, 0.05) is 18.0 Å². The molecule has 29 heavy (non-hydrogen) atoms. The van der Waals surface area contributed by atoms with Crippen LogP contribution in [0.15, 0.2) is 36.7 Å². The molecule has 0 amide bonds. The number of hydrogen-bond acceptors (Lipinski definition) is 2. The van der Waals surface area contributed by atoms with Crippen molar-refractivity contribution in [1.82, 2.24) is 9.97 Å². The second kappa shape index (κ2) is 12.1. The number of benzene rings is 1. The third-order valence-electron chi connectivity index (χ3n) is 6.73. The highest BCUT2D eigenvalue weighted by atomic mass is 14.9. The SMILES string of the molecule is CCCCCCc1cnc(-c2ccc([C@H]3CC[C@H](CCCCC)CC3)cc2)nc1. The number of unbranched alkanes of at least 4 members (excludes halogenated alkanes) is 5. The van der Waals surface area contributed by atoms with E-state index in [9.17, 15) is 0 Å². The van der Waals surface area contributed by atoms with E-state index in [1.807, 2.05) is 12.4 Å². The van der Waals surface area contributed by atoms with Gasteiger partial charge in [0.1, 0.15) is 0 Å². The Hall–Kier alpha value is -1.70. The molecule has 0 aliphatic heterocycles. The normalized spacial score (nSPS) is 19.4. The lowest BCUT2D eigenvalue weighted by molar-refractivity contribution is 0.303. The van der Waals surface area contributed by atoms with Crippen LogP contribution in [0.2, 0.25) is 0 Å². The highest BCUT2D eigenvalue weighted by Gasteiger charge is 2.22. The lowest BCUT2D eigenvalue weighted by atomic mass is 9.77. The van der Waals surface area contributed by atoms with Crippen LogP contribution in [0.4, 0.5) is 0 Å². The summed E-state index contributed by atoms with van der Waals surface area (Å²) in [6.07, 6.45) is 21.5. The van der Waals surface area contributed by atoms with Crippen molar-refractivity contribution in [3.8, 4) is 11.4 Å². The van der Waals surface area contributed by atoms with Gasteiger partial charge >= 0.3 is 0 Å². The Morgan fingerprint density at radius 2 is 1.41 bits per heavy atom. The summed E-state index contributed by atoms with van der Waals surface area (Å²) in [6, 6.07) is 9.08. The molecule has 2 nitrogen and oxygen atoms in total. The average Bonchev–Trinajstić information content (AvgIpc) is 2.78. The minimum Gasteiger partial charge on any atom is -0.236 e. The van der Waals surface area contributed by atoms with Gasteiger partial charge in [-0.1, -0.05) is 83.1 Å². The molecular weight excluding hydrogens is 352 g/mol. The van der Waals surface area contributed by atoms with Gasteiger partial charge in [-0.2, -0.15) is 0 Å². The first kappa shape index (κ1) is 22.0. The molecule has 0 N–H and O–H groups in total. The maximum Gasteiger partial charge on any atom is 0.159 e. The maximum atomic E-state index is 4.62. The number of aryl methyl sites for hydroxylation is 1. The number of nitrogens with zero attached hydrogens (tertiary/aromatic N) is 2. The van der Waals surface area contributed by atoms with Crippen LogP contribution in [0, 0.1) is 5.92 Å². The zero-order valence-electron chi connectivity index (χ0n) is 18.7. The van der Waals surface area contributed by atoms with Crippen LogP contribution in [0.5, 0.6) is 0 Å². The summed E-state index contributed by atoms with van der Waals surface area (Å²) in [6.45, 7) is 4.55. The molecule has 1 fully saturated rings. The predicted octanol–water partition coefficient (Wildman–Crippen LogP) is 8.12. The van der Waals surface area contributed by atoms with Crippen LogP contribution in [-0.2, 0) is 6.42 Å². The first-order valence-corrected chi connectivity index (χ1v) is 12.2. The van der Waals surface area contributed by atoms with Gasteiger partial charge in [0.2, 0.25) is 0 Å². The monoisotopic (exact) mass is 392 g/mol. The molecule has 0 spiro atoms. The second-order valence-corrected chi connectivity index (χ2v) is 9.06. The Kier molecular flexibility index (Phi) is 9.18. The van der Waals surface area contributed by atoms with E-state index in [-0.39, 0.29) is 0 Å². The topological polar surface area (TPSA) is 25.8 Å². The van der Waals surface area contributed by atoms with Crippen molar-refractivity contribution in [2.45, 2.75) is 103 Å². The highest BCUT2D eigenvalue weighted by molar-refractivity contribution is 5.55. The van der Waals surface area contributed by atoms with Crippen molar-refractivity contribution < 1.29 is 0 Å². The van der Waals surface area contributed by atoms with Gasteiger partial charge in [0.05, 0.1) is 0 Å². The molecule has 0 atom stereocenters. The molecule has 0 bridgehead atoms. The molecular formula is C27H40N2. The van der Waals surface area contributed by atoms with Gasteiger partial charge in [-0.15, -0.1) is 0 Å². The Bertz CT molecular complexity index is 681. The molecule has 0 unspecified atom stereocenters. The van der Waals surface area contributed by atoms with E-state index >= 15 is 0 Å². The van der Waals surface area contributed by atoms with Gasteiger partial charge < -0.3 is 0 Å². The van der Waals surface area contributed by atoms with Crippen molar-refractivity contribution in [3.63, 3.8) is 0 Å². The zero-order valence-corrected chi connectivity index (χ0v) is 18.7. The van der Waals surface area contributed by atoms with Gasteiger partial charge in [-0.25, -0.2) is 9.97 Å². The van der Waals surface area contributed by atoms with E-state index < -0.39 is 0 Å². The largest absolute Gasteiger partial charge is 0.236 e. The van der Waals surface area contributed by atoms with Crippen molar-refractivity contribution in [3.05, 3.63) is 47.8 Å². The first-order chi connectivity index (χ1) is 14.3. The molecule has 1 saturated carbocycles.